The van der Waals surface area contributed by atoms with Gasteiger partial charge in [-0.2, -0.15) is 0 Å². The number of rotatable bonds is 8. The molecule has 0 atom stereocenters. The van der Waals surface area contributed by atoms with Crippen molar-refractivity contribution in [2.45, 2.75) is 52.4 Å². The first-order chi connectivity index (χ1) is 42.0. The van der Waals surface area contributed by atoms with Gasteiger partial charge < -0.3 is 18.6 Å². The van der Waals surface area contributed by atoms with Crippen LogP contribution in [0.3, 0.4) is 0 Å². The van der Waals surface area contributed by atoms with Gasteiger partial charge in [0.15, 0.2) is 0 Å². The molecule has 0 saturated heterocycles. The van der Waals surface area contributed by atoms with Gasteiger partial charge in [-0.1, -0.05) is 236 Å². The molecule has 17 aromatic rings. The lowest BCUT2D eigenvalue weighted by molar-refractivity contribution is 0.590. The number of benzene rings is 13. The molecule has 0 aliphatic carbocycles. The van der Waals surface area contributed by atoms with Gasteiger partial charge in [0.2, 0.25) is 0 Å². The van der Waals surface area contributed by atoms with E-state index in [1.807, 2.05) is 0 Å². The molecular formula is C82H62N4. The van der Waals surface area contributed by atoms with Crippen molar-refractivity contribution in [2.75, 3.05) is 9.80 Å². The average molecular weight is 1100 g/mol. The molecular weight excluding hydrogens is 1040 g/mol. The lowest BCUT2D eigenvalue weighted by atomic mass is 9.87. The van der Waals surface area contributed by atoms with Crippen molar-refractivity contribution in [1.29, 1.82) is 0 Å². The van der Waals surface area contributed by atoms with Crippen LogP contribution in [0, 0.1) is 0 Å². The summed E-state index contributed by atoms with van der Waals surface area (Å²) in [5.41, 5.74) is 21.4. The van der Waals surface area contributed by atoms with Crippen molar-refractivity contribution >= 4 is 132 Å². The third-order valence-electron chi connectivity index (χ3n) is 18.6. The third kappa shape index (κ3) is 7.35. The van der Waals surface area contributed by atoms with Crippen LogP contribution in [0.25, 0.3) is 120 Å². The molecule has 0 bridgehead atoms. The van der Waals surface area contributed by atoms with E-state index in [1.165, 1.54) is 131 Å². The number of nitrogens with zero attached hydrogens (tertiary/aromatic N) is 4. The van der Waals surface area contributed by atoms with Gasteiger partial charge in [-0.25, -0.2) is 0 Å². The molecule has 13 aromatic carbocycles. The molecule has 0 amide bonds. The molecule has 4 heterocycles. The monoisotopic (exact) mass is 1100 g/mol. The van der Waals surface area contributed by atoms with Gasteiger partial charge in [0.05, 0.1) is 55.8 Å². The molecule has 0 N–H and O–H groups in total. The summed E-state index contributed by atoms with van der Waals surface area (Å²) in [6.07, 6.45) is 0. The minimum atomic E-state index is -0.0000774. The first kappa shape index (κ1) is 50.1. The highest BCUT2D eigenvalue weighted by atomic mass is 15.2. The highest BCUT2D eigenvalue weighted by Crippen LogP contribution is 2.54. The molecule has 0 fully saturated rings. The third-order valence-corrected chi connectivity index (χ3v) is 18.6. The summed E-state index contributed by atoms with van der Waals surface area (Å²) in [6, 6.07) is 100. The maximum Gasteiger partial charge on any atom is 0.0641 e. The number of hydrogen-bond acceptors (Lipinski definition) is 2. The summed E-state index contributed by atoms with van der Waals surface area (Å²) in [5, 5.41) is 14.8. The zero-order valence-electron chi connectivity index (χ0n) is 49.2. The van der Waals surface area contributed by atoms with Crippen molar-refractivity contribution in [2.24, 2.45) is 0 Å². The molecule has 0 unspecified atom stereocenters. The van der Waals surface area contributed by atoms with Gasteiger partial charge in [-0.15, -0.1) is 0 Å². The lowest BCUT2D eigenvalue weighted by Crippen LogP contribution is -2.14. The van der Waals surface area contributed by atoms with E-state index in [9.17, 15) is 0 Å². The van der Waals surface area contributed by atoms with E-state index in [1.54, 1.807) is 0 Å². The number of para-hydroxylation sites is 2. The molecule has 0 spiro atoms. The fraction of sp³-hybridized carbons (Fsp3) is 0.0976. The van der Waals surface area contributed by atoms with Crippen molar-refractivity contribution in [1.82, 2.24) is 8.80 Å². The molecule has 4 aromatic heterocycles. The van der Waals surface area contributed by atoms with E-state index in [0.717, 1.165) is 34.1 Å². The van der Waals surface area contributed by atoms with Crippen molar-refractivity contribution in [3.8, 4) is 22.3 Å². The summed E-state index contributed by atoms with van der Waals surface area (Å²) < 4.78 is 5.15. The Bertz CT molecular complexity index is 5170. The van der Waals surface area contributed by atoms with E-state index >= 15 is 0 Å². The quantitative estimate of drug-likeness (QED) is 0.151. The van der Waals surface area contributed by atoms with Crippen LogP contribution in [0.2, 0.25) is 0 Å². The average Bonchev–Trinajstić information content (AvgIpc) is 1.53. The first-order valence-electron chi connectivity index (χ1n) is 30.3. The Hall–Kier alpha value is -10.4. The minimum Gasteiger partial charge on any atom is -0.309 e. The summed E-state index contributed by atoms with van der Waals surface area (Å²) in [6.45, 7) is 13.8. The van der Waals surface area contributed by atoms with Crippen LogP contribution < -0.4 is 9.80 Å². The van der Waals surface area contributed by atoms with Crippen LogP contribution in [0.4, 0.5) is 34.1 Å². The van der Waals surface area contributed by atoms with Crippen molar-refractivity contribution in [3.63, 3.8) is 0 Å². The van der Waals surface area contributed by atoms with Gasteiger partial charge >= 0.3 is 0 Å². The van der Waals surface area contributed by atoms with Crippen LogP contribution in [-0.4, -0.2) is 8.80 Å². The Balaban J connectivity index is 0.939. The van der Waals surface area contributed by atoms with Crippen molar-refractivity contribution < 1.29 is 0 Å². The van der Waals surface area contributed by atoms with E-state index in [0.29, 0.717) is 0 Å². The Morgan fingerprint density at radius 2 is 0.616 bits per heavy atom. The zero-order chi connectivity index (χ0) is 57.7. The highest BCUT2D eigenvalue weighted by molar-refractivity contribution is 6.32. The summed E-state index contributed by atoms with van der Waals surface area (Å²) in [4.78, 5) is 5.08. The fourth-order valence-corrected chi connectivity index (χ4v) is 14.6. The highest BCUT2D eigenvalue weighted by Gasteiger charge is 2.31. The predicted molar refractivity (Wildman–Crippen MR) is 368 cm³/mol. The fourth-order valence-electron chi connectivity index (χ4n) is 14.6. The number of aromatic nitrogens is 2. The predicted octanol–water partition coefficient (Wildman–Crippen LogP) is 23.2. The smallest absolute Gasteiger partial charge is 0.0641 e. The summed E-state index contributed by atoms with van der Waals surface area (Å²) in [7, 11) is 0. The second kappa shape index (κ2) is 18.5. The van der Waals surface area contributed by atoms with Gasteiger partial charge in [-0.3, -0.25) is 0 Å². The maximum atomic E-state index is 2.57. The molecule has 410 valence electrons. The Labute approximate surface area is 500 Å². The Kier molecular flexibility index (Phi) is 10.8. The lowest BCUT2D eigenvalue weighted by Gasteiger charge is -2.30. The van der Waals surface area contributed by atoms with Gasteiger partial charge in [0, 0.05) is 65.6 Å². The molecule has 4 nitrogen and oxygen atoms in total. The Morgan fingerprint density at radius 1 is 0.267 bits per heavy atom. The molecule has 0 radical (unpaired) electrons. The second-order valence-corrected chi connectivity index (χ2v) is 25.7. The standard InChI is InChI=1S/C82H62N4/c1-81(2,3)55-35-39-57(40-36-55)83(69-45-33-51-21-13-15-27-59(51)75(69)53-23-9-7-10-24-53)71-47-43-61-65-49-74-66(50-73(65)85-67-31-19-17-29-63(67)77(71)79(61)85)62-44-48-72(78-64-30-18-20-32-68(64)86(74)80(62)78)84(58-41-37-56(38-42-58)82(4,5)6)70-46-34-52-22-14-16-28-60(52)76(70)54-25-11-8-12-26-54/h7-50H,1-6H3. The number of anilines is 6. The van der Waals surface area contributed by atoms with Crippen LogP contribution >= 0.6 is 0 Å². The maximum absolute atomic E-state index is 2.57. The zero-order valence-corrected chi connectivity index (χ0v) is 49.2. The largest absolute Gasteiger partial charge is 0.309 e. The van der Waals surface area contributed by atoms with E-state index in [-0.39, 0.29) is 10.8 Å². The van der Waals surface area contributed by atoms with E-state index in [2.05, 4.69) is 327 Å². The summed E-state index contributed by atoms with van der Waals surface area (Å²) >= 11 is 0. The van der Waals surface area contributed by atoms with Crippen LogP contribution in [-0.2, 0) is 10.8 Å². The SMILES string of the molecule is CC(C)(C)c1ccc(N(c2ccc3ccccc3c2-c2ccccc2)c2ccc3c4cc5c(cc4n4c6ccccc6c2c34)c2ccc(N(c3ccc(C(C)(C)C)cc3)c3ccc4ccccc4c3-c3ccccc3)c3c4ccccc4n5c23)cc1. The van der Waals surface area contributed by atoms with E-state index in [4.69, 9.17) is 0 Å². The van der Waals surface area contributed by atoms with Crippen LogP contribution in [0.15, 0.2) is 267 Å². The topological polar surface area (TPSA) is 15.3 Å². The normalized spacial score (nSPS) is 12.5. The minimum absolute atomic E-state index is 0.0000774. The van der Waals surface area contributed by atoms with Crippen LogP contribution in [0.1, 0.15) is 52.7 Å². The molecule has 4 heteroatoms. The van der Waals surface area contributed by atoms with Crippen LogP contribution in [0.5, 0.6) is 0 Å². The molecule has 0 saturated carbocycles. The first-order valence-corrected chi connectivity index (χ1v) is 30.3. The number of hydrogen-bond donors (Lipinski definition) is 0. The molecule has 17 rings (SSSR count). The van der Waals surface area contributed by atoms with Gasteiger partial charge in [-0.05, 0) is 127 Å². The second-order valence-electron chi connectivity index (χ2n) is 25.7. The summed E-state index contributed by atoms with van der Waals surface area (Å²) in [5.74, 6) is 0. The van der Waals surface area contributed by atoms with Gasteiger partial charge in [0.25, 0.3) is 0 Å². The van der Waals surface area contributed by atoms with E-state index < -0.39 is 0 Å². The van der Waals surface area contributed by atoms with Crippen molar-refractivity contribution in [3.05, 3.63) is 278 Å². The Morgan fingerprint density at radius 3 is 1.01 bits per heavy atom. The molecule has 86 heavy (non-hydrogen) atoms. The molecule has 0 aliphatic heterocycles. The number of fused-ring (bicyclic) bond motifs is 14. The van der Waals surface area contributed by atoms with Gasteiger partial charge in [0.1, 0.15) is 0 Å². The molecule has 0 aliphatic rings.